The number of rotatable bonds is 3. The number of benzene rings is 1. The minimum absolute atomic E-state index is 0.0655. The van der Waals surface area contributed by atoms with Gasteiger partial charge in [0.2, 0.25) is 0 Å². The maximum atomic E-state index is 13.5. The Morgan fingerprint density at radius 2 is 2.06 bits per heavy atom. The molecule has 0 heterocycles. The highest BCUT2D eigenvalue weighted by Gasteiger charge is 2.28. The lowest BCUT2D eigenvalue weighted by Gasteiger charge is -2.25. The van der Waals surface area contributed by atoms with Gasteiger partial charge in [0.15, 0.2) is 5.78 Å². The van der Waals surface area contributed by atoms with Gasteiger partial charge in [-0.05, 0) is 17.5 Å². The number of halogens is 2. The van der Waals surface area contributed by atoms with E-state index < -0.39 is 11.9 Å². The summed E-state index contributed by atoms with van der Waals surface area (Å²) in [6.45, 7) is 5.62. The molecule has 0 aromatic heterocycles. The van der Waals surface area contributed by atoms with E-state index >= 15 is 0 Å². The normalized spacial score (nSPS) is 13.5. The number of ketones is 1. The Kier molecular flexibility index (Phi) is 4.28. The lowest BCUT2D eigenvalue weighted by Crippen LogP contribution is -2.43. The summed E-state index contributed by atoms with van der Waals surface area (Å²) in [5.41, 5.74) is 5.71. The summed E-state index contributed by atoms with van der Waals surface area (Å²) >= 11 is 5.86. The highest BCUT2D eigenvalue weighted by Crippen LogP contribution is 2.23. The first-order valence-corrected chi connectivity index (χ1v) is 5.82. The van der Waals surface area contributed by atoms with Crippen molar-refractivity contribution in [1.82, 2.24) is 0 Å². The summed E-state index contributed by atoms with van der Waals surface area (Å²) in [6.07, 6.45) is -0.0655. The largest absolute Gasteiger partial charge is 0.321 e. The molecule has 0 aliphatic rings. The van der Waals surface area contributed by atoms with Crippen molar-refractivity contribution in [2.45, 2.75) is 33.2 Å². The molecule has 0 aliphatic carbocycles. The highest BCUT2D eigenvalue weighted by molar-refractivity contribution is 6.31. The number of hydrogen-bond donors (Lipinski definition) is 1. The van der Waals surface area contributed by atoms with Crippen molar-refractivity contribution >= 4 is 17.4 Å². The summed E-state index contributed by atoms with van der Waals surface area (Å²) in [6, 6.07) is 3.74. The molecule has 0 radical (unpaired) electrons. The van der Waals surface area contributed by atoms with Gasteiger partial charge < -0.3 is 5.73 Å². The third-order valence-corrected chi connectivity index (χ3v) is 3.05. The molecule has 1 aromatic carbocycles. The van der Waals surface area contributed by atoms with Crippen LogP contribution in [0.4, 0.5) is 4.39 Å². The van der Waals surface area contributed by atoms with Gasteiger partial charge in [0, 0.05) is 17.0 Å². The second kappa shape index (κ2) is 5.15. The van der Waals surface area contributed by atoms with Crippen molar-refractivity contribution in [2.75, 3.05) is 0 Å². The Bertz CT molecular complexity index is 406. The average molecular weight is 258 g/mol. The second-order valence-electron chi connectivity index (χ2n) is 5.19. The Labute approximate surface area is 106 Å². The fourth-order valence-corrected chi connectivity index (χ4v) is 1.70. The first kappa shape index (κ1) is 14.1. The number of Topliss-reactive ketones (excluding diaryl/α,β-unsaturated/α-hetero) is 1. The fraction of sp³-hybridized carbons (Fsp3) is 0.462. The van der Waals surface area contributed by atoms with Crippen LogP contribution in [0.1, 0.15) is 26.3 Å². The minimum Gasteiger partial charge on any atom is -0.321 e. The maximum Gasteiger partial charge on any atom is 0.154 e. The molecule has 2 N–H and O–H groups in total. The molecule has 1 aromatic rings. The van der Waals surface area contributed by atoms with Crippen LogP contribution in [0.5, 0.6) is 0 Å². The van der Waals surface area contributed by atoms with E-state index in [2.05, 4.69) is 0 Å². The maximum absolute atomic E-state index is 13.5. The Morgan fingerprint density at radius 3 is 2.53 bits per heavy atom. The highest BCUT2D eigenvalue weighted by atomic mass is 35.5. The first-order chi connectivity index (χ1) is 7.73. The summed E-state index contributed by atoms with van der Waals surface area (Å²) in [7, 11) is 0. The molecule has 94 valence electrons. The zero-order chi connectivity index (χ0) is 13.2. The number of hydrogen-bond acceptors (Lipinski definition) is 2. The third kappa shape index (κ3) is 3.51. The zero-order valence-electron chi connectivity index (χ0n) is 10.3. The average Bonchev–Trinajstić information content (AvgIpc) is 2.21. The van der Waals surface area contributed by atoms with E-state index in [0.29, 0.717) is 0 Å². The van der Waals surface area contributed by atoms with E-state index in [1.807, 2.05) is 20.8 Å². The first-order valence-electron chi connectivity index (χ1n) is 5.44. The molecule has 0 spiro atoms. The predicted octanol–water partition coefficient (Wildman–Crippen LogP) is 2.96. The third-order valence-electron chi connectivity index (χ3n) is 2.69. The van der Waals surface area contributed by atoms with Gasteiger partial charge in [-0.1, -0.05) is 38.4 Å². The van der Waals surface area contributed by atoms with Crippen LogP contribution >= 0.6 is 11.6 Å². The number of nitrogens with two attached hydrogens (primary N) is 1. The van der Waals surface area contributed by atoms with Crippen molar-refractivity contribution < 1.29 is 9.18 Å². The van der Waals surface area contributed by atoms with Crippen molar-refractivity contribution in [3.05, 3.63) is 34.6 Å². The van der Waals surface area contributed by atoms with Gasteiger partial charge in [-0.2, -0.15) is 0 Å². The van der Waals surface area contributed by atoms with Gasteiger partial charge in [-0.3, -0.25) is 4.79 Å². The molecule has 0 fully saturated rings. The molecule has 0 saturated heterocycles. The van der Waals surface area contributed by atoms with Crippen LogP contribution in [0.2, 0.25) is 5.02 Å². The van der Waals surface area contributed by atoms with Crippen LogP contribution in [0.25, 0.3) is 0 Å². The Morgan fingerprint density at radius 1 is 1.47 bits per heavy atom. The molecule has 0 saturated carbocycles. The van der Waals surface area contributed by atoms with Gasteiger partial charge >= 0.3 is 0 Å². The Hall–Kier alpha value is -0.930. The monoisotopic (exact) mass is 257 g/mol. The number of carbonyl (C=O) groups excluding carboxylic acids is 1. The lowest BCUT2D eigenvalue weighted by molar-refractivity contribution is -0.121. The molecular formula is C13H17ClFNO. The SMILES string of the molecule is CC(C)(C)C(N)C(=O)Cc1c(F)cccc1Cl. The van der Waals surface area contributed by atoms with Crippen LogP contribution in [0.3, 0.4) is 0 Å². The molecule has 0 aliphatic heterocycles. The van der Waals surface area contributed by atoms with Crippen LogP contribution < -0.4 is 5.73 Å². The molecule has 1 rings (SSSR count). The van der Waals surface area contributed by atoms with E-state index in [0.717, 1.165) is 0 Å². The molecule has 0 amide bonds. The molecular weight excluding hydrogens is 241 g/mol. The summed E-state index contributed by atoms with van der Waals surface area (Å²) < 4.78 is 13.5. The molecule has 4 heteroatoms. The summed E-state index contributed by atoms with van der Waals surface area (Å²) in [4.78, 5) is 11.9. The smallest absolute Gasteiger partial charge is 0.154 e. The van der Waals surface area contributed by atoms with Crippen LogP contribution in [-0.4, -0.2) is 11.8 Å². The summed E-state index contributed by atoms with van der Waals surface area (Å²) in [5.74, 6) is -0.670. The minimum atomic E-state index is -0.627. The number of carbonyl (C=O) groups is 1. The summed E-state index contributed by atoms with van der Waals surface area (Å²) in [5, 5.41) is 0.263. The van der Waals surface area contributed by atoms with Gasteiger partial charge in [0.05, 0.1) is 6.04 Å². The van der Waals surface area contributed by atoms with Crippen LogP contribution in [-0.2, 0) is 11.2 Å². The van der Waals surface area contributed by atoms with Gasteiger partial charge in [0.1, 0.15) is 5.82 Å². The topological polar surface area (TPSA) is 43.1 Å². The van der Waals surface area contributed by atoms with E-state index in [-0.39, 0.29) is 28.2 Å². The van der Waals surface area contributed by atoms with E-state index in [1.54, 1.807) is 6.07 Å². The van der Waals surface area contributed by atoms with Crippen molar-refractivity contribution in [3.63, 3.8) is 0 Å². The van der Waals surface area contributed by atoms with Gasteiger partial charge in [-0.15, -0.1) is 0 Å². The second-order valence-corrected chi connectivity index (χ2v) is 5.59. The lowest BCUT2D eigenvalue weighted by atomic mass is 9.83. The van der Waals surface area contributed by atoms with Gasteiger partial charge in [0.25, 0.3) is 0 Å². The Balaban J connectivity index is 2.89. The quantitative estimate of drug-likeness (QED) is 0.905. The predicted molar refractivity (Wildman–Crippen MR) is 67.6 cm³/mol. The molecule has 17 heavy (non-hydrogen) atoms. The molecule has 2 nitrogen and oxygen atoms in total. The standard InChI is InChI=1S/C13H17ClFNO/c1-13(2,3)12(16)11(17)7-8-9(14)5-4-6-10(8)15/h4-6,12H,7,16H2,1-3H3. The van der Waals surface area contributed by atoms with Crippen LogP contribution in [0, 0.1) is 11.2 Å². The van der Waals surface area contributed by atoms with Crippen molar-refractivity contribution in [3.8, 4) is 0 Å². The van der Waals surface area contributed by atoms with E-state index in [1.165, 1.54) is 12.1 Å². The molecule has 1 unspecified atom stereocenters. The van der Waals surface area contributed by atoms with Gasteiger partial charge in [-0.25, -0.2) is 4.39 Å². The zero-order valence-corrected chi connectivity index (χ0v) is 11.0. The van der Waals surface area contributed by atoms with E-state index in [4.69, 9.17) is 17.3 Å². The fourth-order valence-electron chi connectivity index (χ4n) is 1.47. The molecule has 1 atom stereocenters. The van der Waals surface area contributed by atoms with Crippen molar-refractivity contribution in [2.24, 2.45) is 11.1 Å². The van der Waals surface area contributed by atoms with Crippen molar-refractivity contribution in [1.29, 1.82) is 0 Å². The molecule has 0 bridgehead atoms. The van der Waals surface area contributed by atoms with E-state index in [9.17, 15) is 9.18 Å². The van der Waals surface area contributed by atoms with Crippen LogP contribution in [0.15, 0.2) is 18.2 Å².